The van der Waals surface area contributed by atoms with Crippen LogP contribution in [0.4, 0.5) is 0 Å². The largest absolute Gasteiger partial charge is 0.174 e. The van der Waals surface area contributed by atoms with E-state index in [2.05, 4.69) is 0 Å². The van der Waals surface area contributed by atoms with Gasteiger partial charge in [-0.15, -0.1) is 46.4 Å². The van der Waals surface area contributed by atoms with Gasteiger partial charge in [0.1, 0.15) is 19.5 Å². The summed E-state index contributed by atoms with van der Waals surface area (Å²) in [6.45, 7) is 0. The maximum Gasteiger partial charge on any atom is 0.174 e. The molecule has 0 heterocycles. The standard InChI is InChI=1S/C17H2Cl12/c18-8-9(19)13(23)1-12(8,22)2-3(13)7-5-4(6(2)16(7,26)27)14(24)10(20)11(21)15(5,25)17(14,28)29/h1H2. The van der Waals surface area contributed by atoms with Gasteiger partial charge >= 0.3 is 0 Å². The summed E-state index contributed by atoms with van der Waals surface area (Å²) in [5, 5.41) is 0.408. The number of alkyl halides is 8. The molecule has 0 amide bonds. The molecule has 0 aromatic heterocycles. The lowest BCUT2D eigenvalue weighted by molar-refractivity contribution is 0.702. The Hall–Kier alpha value is 2.18. The van der Waals surface area contributed by atoms with Crippen molar-refractivity contribution in [2.45, 2.75) is 34.6 Å². The van der Waals surface area contributed by atoms with Gasteiger partial charge in [-0.05, 0) is 22.3 Å². The van der Waals surface area contributed by atoms with Crippen LogP contribution in [-0.4, -0.2) is 28.2 Å². The summed E-state index contributed by atoms with van der Waals surface area (Å²) in [5.74, 6) is 0. The fourth-order valence-electron chi connectivity index (χ4n) is 5.57. The zero-order valence-electron chi connectivity index (χ0n) is 13.2. The lowest BCUT2D eigenvalue weighted by Crippen LogP contribution is -2.44. The molecule has 6 bridgehead atoms. The third-order valence-electron chi connectivity index (χ3n) is 6.65. The van der Waals surface area contributed by atoms with Gasteiger partial charge in [0.25, 0.3) is 0 Å². The van der Waals surface area contributed by atoms with E-state index in [0.717, 1.165) is 0 Å². The molecule has 12 heteroatoms. The fourth-order valence-corrected chi connectivity index (χ4v) is 10.8. The molecule has 0 aromatic carbocycles. The van der Waals surface area contributed by atoms with Crippen LogP contribution in [0, 0.1) is 0 Å². The van der Waals surface area contributed by atoms with Gasteiger partial charge < -0.3 is 0 Å². The quantitative estimate of drug-likeness (QED) is 0.185. The van der Waals surface area contributed by atoms with Crippen molar-refractivity contribution in [3.05, 3.63) is 53.6 Å². The molecule has 154 valence electrons. The van der Waals surface area contributed by atoms with Crippen LogP contribution in [0.5, 0.6) is 0 Å². The van der Waals surface area contributed by atoms with Crippen LogP contribution in [0.25, 0.3) is 0 Å². The van der Waals surface area contributed by atoms with Gasteiger partial charge in [-0.1, -0.05) is 92.8 Å². The van der Waals surface area contributed by atoms with Crippen molar-refractivity contribution in [3.63, 3.8) is 0 Å². The van der Waals surface area contributed by atoms with E-state index in [1.807, 2.05) is 0 Å². The Morgan fingerprint density at radius 2 is 0.793 bits per heavy atom. The summed E-state index contributed by atoms with van der Waals surface area (Å²) in [5.41, 5.74) is 2.62. The van der Waals surface area contributed by atoms with Crippen molar-refractivity contribution in [2.75, 3.05) is 0 Å². The highest BCUT2D eigenvalue weighted by molar-refractivity contribution is 6.69. The normalized spacial score (nSPS) is 47.6. The lowest BCUT2D eigenvalue weighted by Gasteiger charge is -2.34. The average Bonchev–Trinajstić information content (AvgIpc) is 3.24. The van der Waals surface area contributed by atoms with Crippen molar-refractivity contribution in [3.8, 4) is 0 Å². The van der Waals surface area contributed by atoms with E-state index >= 15 is 0 Å². The number of halogens is 12. The SMILES string of the molecule is ClC1=C(Cl)C2(Cl)CC1(Cl)C1=C2C2=C3C(=C1C2(Cl)Cl)C1(Cl)C(Cl)=C(Cl)C3(Cl)C1(Cl)Cl. The van der Waals surface area contributed by atoms with Crippen LogP contribution in [0.2, 0.25) is 0 Å². The van der Waals surface area contributed by atoms with Crippen LogP contribution >= 0.6 is 139 Å². The topological polar surface area (TPSA) is 0 Å². The Morgan fingerprint density at radius 1 is 0.448 bits per heavy atom. The minimum atomic E-state index is -1.83. The van der Waals surface area contributed by atoms with Crippen LogP contribution in [0.1, 0.15) is 6.42 Å². The number of hydrogen-bond donors (Lipinski definition) is 0. The first kappa shape index (κ1) is 21.7. The summed E-state index contributed by atoms with van der Waals surface area (Å²) in [6.07, 6.45) is 0.217. The molecular weight excluding hydrogens is 630 g/mol. The molecule has 0 radical (unpaired) electrons. The van der Waals surface area contributed by atoms with E-state index < -0.39 is 28.2 Å². The number of hydrogen-bond acceptors (Lipinski definition) is 0. The third-order valence-corrected chi connectivity index (χ3v) is 13.8. The molecule has 4 unspecified atom stereocenters. The number of allylic oxidation sites excluding steroid dienone is 10. The van der Waals surface area contributed by atoms with Crippen molar-refractivity contribution >= 4 is 139 Å². The summed E-state index contributed by atoms with van der Waals surface area (Å²) in [7, 11) is 0. The van der Waals surface area contributed by atoms with Gasteiger partial charge in [-0.25, -0.2) is 0 Å². The van der Waals surface area contributed by atoms with Crippen LogP contribution in [0.15, 0.2) is 53.6 Å². The van der Waals surface area contributed by atoms with Crippen LogP contribution in [0.3, 0.4) is 0 Å². The molecule has 0 aromatic rings. The van der Waals surface area contributed by atoms with Gasteiger partial charge in [-0.3, -0.25) is 0 Å². The Balaban J connectivity index is 1.81. The highest BCUT2D eigenvalue weighted by Gasteiger charge is 2.85. The minimum Gasteiger partial charge on any atom is -0.108 e. The van der Waals surface area contributed by atoms with Gasteiger partial charge in [0.05, 0.1) is 20.1 Å². The fraction of sp³-hybridized carbons (Fsp3) is 0.412. The summed E-state index contributed by atoms with van der Waals surface area (Å²) in [6, 6.07) is 0. The molecule has 6 aliphatic rings. The zero-order chi connectivity index (χ0) is 21.5. The molecular formula is C17H2Cl12. The summed E-state index contributed by atoms with van der Waals surface area (Å²) >= 11 is 81.0. The van der Waals surface area contributed by atoms with E-state index in [4.69, 9.17) is 139 Å². The summed E-state index contributed by atoms with van der Waals surface area (Å²) < 4.78 is -3.42. The van der Waals surface area contributed by atoms with E-state index in [1.165, 1.54) is 0 Å². The first-order chi connectivity index (χ1) is 13.1. The van der Waals surface area contributed by atoms with Crippen LogP contribution < -0.4 is 0 Å². The maximum absolute atomic E-state index is 6.98. The monoisotopic (exact) mass is 626 g/mol. The van der Waals surface area contributed by atoms with Crippen LogP contribution in [-0.2, 0) is 0 Å². The Morgan fingerprint density at radius 3 is 1.14 bits per heavy atom. The predicted octanol–water partition coefficient (Wildman–Crippen LogP) is 8.98. The third kappa shape index (κ3) is 1.72. The maximum atomic E-state index is 6.98. The second-order valence-electron chi connectivity index (χ2n) is 7.75. The highest BCUT2D eigenvalue weighted by atomic mass is 35.5. The summed E-state index contributed by atoms with van der Waals surface area (Å²) in [4.78, 5) is -5.83. The van der Waals surface area contributed by atoms with Crippen molar-refractivity contribution in [1.82, 2.24) is 0 Å². The molecule has 6 rings (SSSR count). The van der Waals surface area contributed by atoms with Gasteiger partial charge in [0.15, 0.2) is 8.67 Å². The molecule has 1 fully saturated rings. The van der Waals surface area contributed by atoms with Gasteiger partial charge in [0, 0.05) is 17.6 Å². The van der Waals surface area contributed by atoms with E-state index in [-0.39, 0.29) is 26.5 Å². The Labute approximate surface area is 225 Å². The zero-order valence-corrected chi connectivity index (χ0v) is 22.3. The van der Waals surface area contributed by atoms with E-state index in [0.29, 0.717) is 33.4 Å². The smallest absolute Gasteiger partial charge is 0.108 e. The molecule has 0 saturated heterocycles. The van der Waals surface area contributed by atoms with Gasteiger partial charge in [-0.2, -0.15) is 0 Å². The average molecular weight is 632 g/mol. The molecule has 1 saturated carbocycles. The van der Waals surface area contributed by atoms with Crippen molar-refractivity contribution < 1.29 is 0 Å². The minimum absolute atomic E-state index is 0.00134. The molecule has 0 N–H and O–H groups in total. The second-order valence-corrected chi connectivity index (χ2v) is 14.3. The van der Waals surface area contributed by atoms with Crippen molar-refractivity contribution in [2.24, 2.45) is 0 Å². The van der Waals surface area contributed by atoms with Gasteiger partial charge in [0.2, 0.25) is 0 Å². The van der Waals surface area contributed by atoms with Crippen molar-refractivity contribution in [1.29, 1.82) is 0 Å². The number of fused-ring (bicyclic) bond motifs is 13. The number of rotatable bonds is 0. The lowest BCUT2D eigenvalue weighted by atomic mass is 9.81. The Kier molecular flexibility index (Phi) is 4.02. The molecule has 6 aliphatic carbocycles. The molecule has 0 aliphatic heterocycles. The second kappa shape index (κ2) is 5.37. The van der Waals surface area contributed by atoms with E-state index in [1.54, 1.807) is 0 Å². The molecule has 4 atom stereocenters. The first-order valence-corrected chi connectivity index (χ1v) is 12.5. The highest BCUT2D eigenvalue weighted by Crippen LogP contribution is 2.85. The predicted molar refractivity (Wildman–Crippen MR) is 126 cm³/mol. The molecule has 29 heavy (non-hydrogen) atoms. The molecule has 0 spiro atoms. The van der Waals surface area contributed by atoms with E-state index in [9.17, 15) is 0 Å². The molecule has 0 nitrogen and oxygen atoms in total. The Bertz CT molecular complexity index is 1100. The first-order valence-electron chi connectivity index (χ1n) is 7.97.